The Hall–Kier alpha value is -0.980. The molecule has 1 aliphatic rings. The number of halogens is 1. The molecule has 1 aliphatic carbocycles. The van der Waals surface area contributed by atoms with E-state index in [1.54, 1.807) is 7.11 Å². The first-order valence-electron chi connectivity index (χ1n) is 8.39. The highest BCUT2D eigenvalue weighted by molar-refractivity contribution is 14.0. The predicted molar refractivity (Wildman–Crippen MR) is 108 cm³/mol. The summed E-state index contributed by atoms with van der Waals surface area (Å²) in [5.74, 6) is 1.97. The molecule has 4 nitrogen and oxygen atoms in total. The van der Waals surface area contributed by atoms with Crippen molar-refractivity contribution in [1.82, 2.24) is 5.32 Å². The van der Waals surface area contributed by atoms with E-state index in [0.29, 0.717) is 17.9 Å². The summed E-state index contributed by atoms with van der Waals surface area (Å²) < 4.78 is 5.19. The molecule has 0 spiro atoms. The van der Waals surface area contributed by atoms with Gasteiger partial charge in [-0.3, -0.25) is 4.99 Å². The maximum atomic E-state index is 5.99. The molecule has 130 valence electrons. The Morgan fingerprint density at radius 3 is 2.52 bits per heavy atom. The van der Waals surface area contributed by atoms with Gasteiger partial charge in [0.25, 0.3) is 0 Å². The smallest absolute Gasteiger partial charge is 0.188 e. The van der Waals surface area contributed by atoms with E-state index in [2.05, 4.69) is 29.4 Å². The Bertz CT molecular complexity index is 470. The van der Waals surface area contributed by atoms with E-state index in [0.717, 1.165) is 18.7 Å². The standard InChI is InChI=1S/C18H29N3O.HI/c1-14(15-8-10-17(22-2)11-9-15)12-13-20-18(19)21-16-6-4-3-5-7-16;/h8-11,14,16H,3-7,12-13H2,1-2H3,(H3,19,20,21);1H. The third-order valence-corrected chi connectivity index (χ3v) is 4.49. The molecule has 1 aromatic carbocycles. The van der Waals surface area contributed by atoms with Crippen molar-refractivity contribution in [2.75, 3.05) is 13.7 Å². The van der Waals surface area contributed by atoms with E-state index >= 15 is 0 Å². The van der Waals surface area contributed by atoms with Gasteiger partial charge in [0.05, 0.1) is 7.11 Å². The Labute approximate surface area is 157 Å². The number of methoxy groups -OCH3 is 1. The van der Waals surface area contributed by atoms with E-state index in [-0.39, 0.29) is 24.0 Å². The average Bonchev–Trinajstić information content (AvgIpc) is 2.55. The van der Waals surface area contributed by atoms with Gasteiger partial charge >= 0.3 is 0 Å². The van der Waals surface area contributed by atoms with Gasteiger partial charge in [-0.2, -0.15) is 0 Å². The lowest BCUT2D eigenvalue weighted by Crippen LogP contribution is -2.41. The lowest BCUT2D eigenvalue weighted by atomic mass is 9.96. The topological polar surface area (TPSA) is 59.6 Å². The fourth-order valence-corrected chi connectivity index (χ4v) is 2.98. The highest BCUT2D eigenvalue weighted by Crippen LogP contribution is 2.21. The number of guanidine groups is 1. The minimum Gasteiger partial charge on any atom is -0.497 e. The van der Waals surface area contributed by atoms with Crippen LogP contribution in [0.15, 0.2) is 29.3 Å². The molecule has 23 heavy (non-hydrogen) atoms. The predicted octanol–water partition coefficient (Wildman–Crippen LogP) is 4.04. The summed E-state index contributed by atoms with van der Waals surface area (Å²) in [6.45, 7) is 2.99. The first-order valence-corrected chi connectivity index (χ1v) is 8.39. The van der Waals surface area contributed by atoms with Gasteiger partial charge in [0, 0.05) is 12.6 Å². The Kier molecular flexibility index (Phi) is 9.36. The number of ether oxygens (including phenoxy) is 1. The molecule has 2 rings (SSSR count). The molecular weight excluding hydrogens is 401 g/mol. The summed E-state index contributed by atoms with van der Waals surface area (Å²) >= 11 is 0. The van der Waals surface area contributed by atoms with Gasteiger partial charge in [-0.1, -0.05) is 38.3 Å². The highest BCUT2D eigenvalue weighted by Gasteiger charge is 2.13. The number of nitrogens with two attached hydrogens (primary N) is 1. The average molecular weight is 431 g/mol. The van der Waals surface area contributed by atoms with Crippen LogP contribution in [0.25, 0.3) is 0 Å². The van der Waals surface area contributed by atoms with Crippen molar-refractivity contribution in [3.8, 4) is 5.75 Å². The summed E-state index contributed by atoms with van der Waals surface area (Å²) in [5, 5.41) is 3.36. The number of hydrogen-bond donors (Lipinski definition) is 2. The lowest BCUT2D eigenvalue weighted by molar-refractivity contribution is 0.412. The van der Waals surface area contributed by atoms with Crippen LogP contribution in [0.2, 0.25) is 0 Å². The maximum absolute atomic E-state index is 5.99. The zero-order valence-corrected chi connectivity index (χ0v) is 16.6. The molecule has 0 saturated heterocycles. The molecule has 3 N–H and O–H groups in total. The molecular formula is C18H30IN3O. The molecule has 0 bridgehead atoms. The third-order valence-electron chi connectivity index (χ3n) is 4.49. The summed E-state index contributed by atoms with van der Waals surface area (Å²) in [7, 11) is 1.69. The summed E-state index contributed by atoms with van der Waals surface area (Å²) in [5.41, 5.74) is 7.30. The van der Waals surface area contributed by atoms with Crippen molar-refractivity contribution in [1.29, 1.82) is 0 Å². The second-order valence-electron chi connectivity index (χ2n) is 6.21. The van der Waals surface area contributed by atoms with Crippen molar-refractivity contribution < 1.29 is 4.74 Å². The third kappa shape index (κ3) is 6.97. The van der Waals surface area contributed by atoms with Crippen molar-refractivity contribution in [2.24, 2.45) is 10.7 Å². The molecule has 0 radical (unpaired) electrons. The summed E-state index contributed by atoms with van der Waals surface area (Å²) in [4.78, 5) is 4.48. The first-order chi connectivity index (χ1) is 10.7. The maximum Gasteiger partial charge on any atom is 0.188 e. The van der Waals surface area contributed by atoms with Crippen LogP contribution >= 0.6 is 24.0 Å². The Morgan fingerprint density at radius 1 is 1.26 bits per heavy atom. The van der Waals surface area contributed by atoms with Crippen molar-refractivity contribution in [2.45, 2.75) is 57.4 Å². The van der Waals surface area contributed by atoms with Gasteiger partial charge in [0.2, 0.25) is 0 Å². The number of rotatable bonds is 6. The van der Waals surface area contributed by atoms with Gasteiger partial charge in [0.1, 0.15) is 5.75 Å². The SMILES string of the molecule is COc1ccc(C(C)CCN=C(N)NC2CCCCC2)cc1.I. The summed E-state index contributed by atoms with van der Waals surface area (Å²) in [6, 6.07) is 8.78. The zero-order valence-electron chi connectivity index (χ0n) is 14.3. The molecule has 0 heterocycles. The lowest BCUT2D eigenvalue weighted by Gasteiger charge is -2.23. The summed E-state index contributed by atoms with van der Waals surface area (Å²) in [6.07, 6.45) is 7.41. The second kappa shape index (κ2) is 10.7. The van der Waals surface area contributed by atoms with Crippen LogP contribution in [0.1, 0.15) is 56.9 Å². The van der Waals surface area contributed by atoms with E-state index in [1.165, 1.54) is 37.7 Å². The van der Waals surface area contributed by atoms with Crippen LogP contribution in [0.4, 0.5) is 0 Å². The van der Waals surface area contributed by atoms with Gasteiger partial charge in [-0.05, 0) is 42.9 Å². The molecule has 1 fully saturated rings. The van der Waals surface area contributed by atoms with Gasteiger partial charge in [-0.25, -0.2) is 0 Å². The van der Waals surface area contributed by atoms with E-state index in [1.807, 2.05) is 12.1 Å². The van der Waals surface area contributed by atoms with Crippen LogP contribution in [0, 0.1) is 0 Å². The van der Waals surface area contributed by atoms with Crippen molar-refractivity contribution >= 4 is 29.9 Å². The van der Waals surface area contributed by atoms with Gasteiger partial charge in [-0.15, -0.1) is 24.0 Å². The Morgan fingerprint density at radius 2 is 1.91 bits per heavy atom. The molecule has 0 aromatic heterocycles. The van der Waals surface area contributed by atoms with Crippen LogP contribution in [-0.4, -0.2) is 25.7 Å². The van der Waals surface area contributed by atoms with Crippen molar-refractivity contribution in [3.05, 3.63) is 29.8 Å². The minimum absolute atomic E-state index is 0. The van der Waals surface area contributed by atoms with E-state index in [4.69, 9.17) is 10.5 Å². The number of hydrogen-bond acceptors (Lipinski definition) is 2. The monoisotopic (exact) mass is 431 g/mol. The molecule has 1 atom stereocenters. The van der Waals surface area contributed by atoms with E-state index < -0.39 is 0 Å². The zero-order chi connectivity index (χ0) is 15.8. The molecule has 1 aromatic rings. The molecule has 5 heteroatoms. The second-order valence-corrected chi connectivity index (χ2v) is 6.21. The molecule has 1 unspecified atom stereocenters. The number of aliphatic imine (C=N–C) groups is 1. The van der Waals surface area contributed by atoms with Crippen molar-refractivity contribution in [3.63, 3.8) is 0 Å². The fraction of sp³-hybridized carbons (Fsp3) is 0.611. The van der Waals surface area contributed by atoms with Crippen LogP contribution in [0.5, 0.6) is 5.75 Å². The minimum atomic E-state index is 0. The molecule has 0 amide bonds. The normalized spacial score (nSPS) is 17.2. The van der Waals surface area contributed by atoms with E-state index in [9.17, 15) is 0 Å². The number of nitrogens with one attached hydrogen (secondary N) is 1. The van der Waals surface area contributed by atoms with Crippen LogP contribution in [0.3, 0.4) is 0 Å². The first kappa shape index (κ1) is 20.1. The van der Waals surface area contributed by atoms with Gasteiger partial charge < -0.3 is 15.8 Å². The molecule has 1 saturated carbocycles. The quantitative estimate of drug-likeness (QED) is 0.406. The fourth-order valence-electron chi connectivity index (χ4n) is 2.98. The number of benzene rings is 1. The molecule has 0 aliphatic heterocycles. The number of nitrogens with zero attached hydrogens (tertiary/aromatic N) is 1. The van der Waals surface area contributed by atoms with Crippen LogP contribution in [-0.2, 0) is 0 Å². The van der Waals surface area contributed by atoms with Crippen LogP contribution < -0.4 is 15.8 Å². The largest absolute Gasteiger partial charge is 0.497 e. The Balaban J connectivity index is 0.00000264. The highest BCUT2D eigenvalue weighted by atomic mass is 127. The van der Waals surface area contributed by atoms with Gasteiger partial charge in [0.15, 0.2) is 5.96 Å².